The summed E-state index contributed by atoms with van der Waals surface area (Å²) in [4.78, 5) is 34.8. The second kappa shape index (κ2) is 7.35. The zero-order valence-corrected chi connectivity index (χ0v) is 18.2. The van der Waals surface area contributed by atoms with Crippen LogP contribution in [0.25, 0.3) is 0 Å². The molecule has 0 aromatic heterocycles. The lowest BCUT2D eigenvalue weighted by Gasteiger charge is -2.59. The van der Waals surface area contributed by atoms with E-state index in [1.54, 1.807) is 0 Å². The first kappa shape index (κ1) is 20.8. The number of Topliss-reactive ketones (excluding diaryl/α,β-unsaturated/α-hetero) is 1. The fourth-order valence-electron chi connectivity index (χ4n) is 8.40. The molecule has 4 heteroatoms. The number of aliphatic carboxylic acids is 1. The zero-order chi connectivity index (χ0) is 21.0. The summed E-state index contributed by atoms with van der Waals surface area (Å²) in [7, 11) is 0. The Bertz CT molecular complexity index is 739. The van der Waals surface area contributed by atoms with Gasteiger partial charge < -0.3 is 5.11 Å². The number of ketones is 1. The summed E-state index contributed by atoms with van der Waals surface area (Å²) in [5, 5.41) is 9.10. The van der Waals surface area contributed by atoms with E-state index in [2.05, 4.69) is 26.8 Å². The lowest BCUT2D eigenvalue weighted by Crippen LogP contribution is -2.53. The van der Waals surface area contributed by atoms with Crippen molar-refractivity contribution in [3.63, 3.8) is 0 Å². The van der Waals surface area contributed by atoms with Gasteiger partial charge in [-0.25, -0.2) is 0 Å². The Balaban J connectivity index is 1.58. The van der Waals surface area contributed by atoms with Crippen molar-refractivity contribution in [3.8, 4) is 0 Å². The van der Waals surface area contributed by atoms with Gasteiger partial charge in [-0.15, -0.1) is 0 Å². The van der Waals surface area contributed by atoms with Crippen molar-refractivity contribution in [1.82, 2.24) is 0 Å². The lowest BCUT2D eigenvalue weighted by molar-refractivity contribution is -0.137. The molecule has 0 radical (unpaired) electrons. The number of carboxylic acids is 1. The zero-order valence-electron chi connectivity index (χ0n) is 18.2. The highest BCUT2D eigenvalue weighted by Gasteiger charge is 2.60. The van der Waals surface area contributed by atoms with Gasteiger partial charge in [-0.3, -0.25) is 14.4 Å². The van der Waals surface area contributed by atoms with Gasteiger partial charge in [-0.1, -0.05) is 26.8 Å². The molecule has 4 aliphatic rings. The van der Waals surface area contributed by atoms with Crippen LogP contribution in [0, 0.1) is 46.3 Å². The van der Waals surface area contributed by atoms with Crippen LogP contribution in [0.1, 0.15) is 78.6 Å². The molecule has 4 aliphatic carbocycles. The number of rotatable bonds is 5. The van der Waals surface area contributed by atoms with Crippen molar-refractivity contribution in [3.05, 3.63) is 11.6 Å². The predicted molar refractivity (Wildman–Crippen MR) is 111 cm³/mol. The number of hydrogen-bond acceptors (Lipinski definition) is 3. The van der Waals surface area contributed by atoms with Gasteiger partial charge in [-0.2, -0.15) is 0 Å². The van der Waals surface area contributed by atoms with Crippen LogP contribution in [0.2, 0.25) is 0 Å². The molecule has 8 atom stereocenters. The van der Waals surface area contributed by atoms with E-state index in [4.69, 9.17) is 5.11 Å². The van der Waals surface area contributed by atoms with E-state index in [-0.39, 0.29) is 17.6 Å². The first-order valence-electron chi connectivity index (χ1n) is 11.6. The van der Waals surface area contributed by atoms with Crippen LogP contribution in [0.5, 0.6) is 0 Å². The first-order chi connectivity index (χ1) is 13.7. The van der Waals surface area contributed by atoms with Crippen molar-refractivity contribution in [1.29, 1.82) is 0 Å². The number of carbonyl (C=O) groups is 3. The van der Waals surface area contributed by atoms with E-state index in [0.29, 0.717) is 52.9 Å². The summed E-state index contributed by atoms with van der Waals surface area (Å²) < 4.78 is 0. The minimum atomic E-state index is -0.684. The van der Waals surface area contributed by atoms with E-state index in [9.17, 15) is 14.4 Å². The third-order valence-corrected chi connectivity index (χ3v) is 9.89. The van der Waals surface area contributed by atoms with Gasteiger partial charge in [0.05, 0.1) is 5.57 Å². The van der Waals surface area contributed by atoms with Gasteiger partial charge in [0, 0.05) is 12.8 Å². The Labute approximate surface area is 174 Å². The highest BCUT2D eigenvalue weighted by Crippen LogP contribution is 2.67. The number of hydrogen-bond donors (Lipinski definition) is 1. The normalized spacial score (nSPS) is 44.9. The van der Waals surface area contributed by atoms with E-state index in [1.807, 2.05) is 0 Å². The Morgan fingerprint density at radius 2 is 1.97 bits per heavy atom. The van der Waals surface area contributed by atoms with Crippen LogP contribution in [-0.2, 0) is 14.4 Å². The van der Waals surface area contributed by atoms with Gasteiger partial charge in [-0.05, 0) is 91.3 Å². The minimum Gasteiger partial charge on any atom is -0.481 e. The van der Waals surface area contributed by atoms with Crippen molar-refractivity contribution in [2.75, 3.05) is 0 Å². The molecular formula is C25H36O4. The lowest BCUT2D eigenvalue weighted by atomic mass is 9.45. The Morgan fingerprint density at radius 3 is 2.66 bits per heavy atom. The number of carbonyl (C=O) groups excluding carboxylic acids is 2. The van der Waals surface area contributed by atoms with Crippen LogP contribution in [0.4, 0.5) is 0 Å². The molecule has 0 aromatic rings. The number of allylic oxidation sites excluding steroid dienone is 2. The highest BCUT2D eigenvalue weighted by molar-refractivity contribution is 6.12. The van der Waals surface area contributed by atoms with Crippen molar-refractivity contribution in [2.24, 2.45) is 46.3 Å². The van der Waals surface area contributed by atoms with Crippen molar-refractivity contribution in [2.45, 2.75) is 78.6 Å². The second-order valence-electron chi connectivity index (χ2n) is 11.0. The molecule has 0 aromatic carbocycles. The molecular weight excluding hydrogens is 364 g/mol. The maximum atomic E-state index is 12.3. The SMILES string of the molecule is C[C@H](CCC(=O)O)[C@H]1CC[C@H]2[C@@H]3CC[C@@H]4CC(=O)C(C=O)=C[C@]4(C)[C@H]3CC[C@]12C. The fourth-order valence-corrected chi connectivity index (χ4v) is 8.40. The van der Waals surface area contributed by atoms with Crippen LogP contribution in [0.15, 0.2) is 11.6 Å². The molecule has 1 N–H and O–H groups in total. The molecule has 0 spiro atoms. The molecule has 4 rings (SSSR count). The molecule has 0 amide bonds. The standard InChI is InChI=1S/C25H36O4/c1-15(4-9-23(28)29)19-7-8-20-18-6-5-17-12-22(27)16(14-26)13-25(17,3)21(18)10-11-24(19,20)2/h13-15,17-21H,4-12H2,1-3H3,(H,28,29)/t15-,17-,18+,19-,20+,21+,24-,25+/m1/s1. The molecule has 29 heavy (non-hydrogen) atoms. The second-order valence-corrected chi connectivity index (χ2v) is 11.0. The number of carboxylic acid groups (broad SMARTS) is 1. The summed E-state index contributed by atoms with van der Waals surface area (Å²) in [6.45, 7) is 7.06. The van der Waals surface area contributed by atoms with E-state index in [1.165, 1.54) is 32.1 Å². The van der Waals surface area contributed by atoms with Gasteiger partial charge in [0.1, 0.15) is 0 Å². The predicted octanol–water partition coefficient (Wildman–Crippen LogP) is 5.06. The van der Waals surface area contributed by atoms with Crippen LogP contribution in [0.3, 0.4) is 0 Å². The number of aldehydes is 1. The average Bonchev–Trinajstić information content (AvgIpc) is 3.03. The molecule has 0 heterocycles. The molecule has 3 saturated carbocycles. The fraction of sp³-hybridized carbons (Fsp3) is 0.800. The summed E-state index contributed by atoms with van der Waals surface area (Å²) >= 11 is 0. The van der Waals surface area contributed by atoms with Crippen molar-refractivity contribution >= 4 is 18.0 Å². The van der Waals surface area contributed by atoms with Crippen LogP contribution >= 0.6 is 0 Å². The van der Waals surface area contributed by atoms with E-state index >= 15 is 0 Å². The van der Waals surface area contributed by atoms with Crippen LogP contribution < -0.4 is 0 Å². The van der Waals surface area contributed by atoms with Gasteiger partial charge in [0.2, 0.25) is 0 Å². The summed E-state index contributed by atoms with van der Waals surface area (Å²) in [5.74, 6) is 2.74. The van der Waals surface area contributed by atoms with Crippen molar-refractivity contribution < 1.29 is 19.5 Å². The number of fused-ring (bicyclic) bond motifs is 5. The summed E-state index contributed by atoms with van der Waals surface area (Å²) in [5.41, 5.74) is 0.690. The Hall–Kier alpha value is -1.45. The maximum absolute atomic E-state index is 12.3. The van der Waals surface area contributed by atoms with Gasteiger partial charge in [0.25, 0.3) is 0 Å². The van der Waals surface area contributed by atoms with Gasteiger partial charge >= 0.3 is 5.97 Å². The largest absolute Gasteiger partial charge is 0.481 e. The first-order valence-corrected chi connectivity index (χ1v) is 11.6. The monoisotopic (exact) mass is 400 g/mol. The summed E-state index contributed by atoms with van der Waals surface area (Å²) in [6.07, 6.45) is 11.6. The molecule has 0 bridgehead atoms. The van der Waals surface area contributed by atoms with Gasteiger partial charge in [0.15, 0.2) is 12.1 Å². The minimum absolute atomic E-state index is 0.0264. The highest BCUT2D eigenvalue weighted by atomic mass is 16.4. The third kappa shape index (κ3) is 3.21. The smallest absolute Gasteiger partial charge is 0.303 e. The molecule has 3 fully saturated rings. The van der Waals surface area contributed by atoms with E-state index < -0.39 is 5.97 Å². The third-order valence-electron chi connectivity index (χ3n) is 9.89. The molecule has 0 aliphatic heterocycles. The molecule has 0 saturated heterocycles. The molecule has 0 unspecified atom stereocenters. The molecule has 160 valence electrons. The maximum Gasteiger partial charge on any atom is 0.303 e. The topological polar surface area (TPSA) is 71.4 Å². The summed E-state index contributed by atoms with van der Waals surface area (Å²) in [6, 6.07) is 0. The van der Waals surface area contributed by atoms with E-state index in [0.717, 1.165) is 19.1 Å². The average molecular weight is 401 g/mol. The quantitative estimate of drug-likeness (QED) is 0.517. The Morgan fingerprint density at radius 1 is 1.21 bits per heavy atom. The Kier molecular flexibility index (Phi) is 5.28. The molecule has 4 nitrogen and oxygen atoms in total. The van der Waals surface area contributed by atoms with Crippen LogP contribution in [-0.4, -0.2) is 23.1 Å².